The molecule has 0 saturated heterocycles. The van der Waals surface area contributed by atoms with Gasteiger partial charge in [-0.3, -0.25) is 0 Å². The van der Waals surface area contributed by atoms with Crippen LogP contribution < -0.4 is 18.9 Å². The highest BCUT2D eigenvalue weighted by molar-refractivity contribution is 5.75. The van der Waals surface area contributed by atoms with Crippen molar-refractivity contribution in [2.75, 3.05) is 34.4 Å². The quantitative estimate of drug-likeness (QED) is 0.799. The first-order valence-electron chi connectivity index (χ1n) is 8.60. The van der Waals surface area contributed by atoms with Crippen LogP contribution in [0.25, 0.3) is 0 Å². The molecule has 0 fully saturated rings. The first-order chi connectivity index (χ1) is 13.0. The number of hydrogen-bond acceptors (Lipinski definition) is 6. The molecule has 27 heavy (non-hydrogen) atoms. The number of fused-ring (bicyclic) bond motifs is 1. The van der Waals surface area contributed by atoms with Crippen molar-refractivity contribution in [3.05, 3.63) is 48.0 Å². The van der Waals surface area contributed by atoms with Crippen LogP contribution in [0.1, 0.15) is 11.7 Å². The van der Waals surface area contributed by atoms with Crippen molar-refractivity contribution in [3.63, 3.8) is 0 Å². The highest BCUT2D eigenvalue weighted by Gasteiger charge is 2.39. The molecule has 0 radical (unpaired) electrons. The van der Waals surface area contributed by atoms with E-state index in [1.807, 2.05) is 25.1 Å². The summed E-state index contributed by atoms with van der Waals surface area (Å²) in [4.78, 5) is 13.8. The number of rotatable bonds is 7. The van der Waals surface area contributed by atoms with E-state index in [1.165, 1.54) is 0 Å². The molecule has 0 amide bonds. The summed E-state index contributed by atoms with van der Waals surface area (Å²) in [5.41, 5.74) is 0.594. The zero-order valence-corrected chi connectivity index (χ0v) is 15.5. The molecule has 7 nitrogen and oxygen atoms in total. The van der Waals surface area contributed by atoms with Crippen LogP contribution in [0.3, 0.4) is 0 Å². The van der Waals surface area contributed by atoms with Crippen LogP contribution in [0.2, 0.25) is 0 Å². The number of methoxy groups -OCH3 is 1. The molecule has 0 spiro atoms. The van der Waals surface area contributed by atoms with E-state index in [1.54, 1.807) is 43.5 Å². The van der Waals surface area contributed by atoms with Crippen LogP contribution in [0.4, 0.5) is 0 Å². The number of carboxylic acid groups (broad SMARTS) is 1. The molecule has 1 N–H and O–H groups in total. The zero-order chi connectivity index (χ0) is 19.4. The standard InChI is InChI=1S/C20H23NO6/c1-21(2)10-11-25-17-12-13(24-3)8-9-14(17)18-19(20(22)23)27-16-7-5-4-6-15(16)26-18/h4-9,12,18-19H,10-11H2,1-3H3,(H,22,23). The van der Waals surface area contributed by atoms with Crippen LogP contribution >= 0.6 is 0 Å². The Morgan fingerprint density at radius 3 is 2.48 bits per heavy atom. The maximum atomic E-state index is 11.8. The molecule has 0 aromatic heterocycles. The Morgan fingerprint density at radius 1 is 1.15 bits per heavy atom. The third kappa shape index (κ3) is 4.25. The van der Waals surface area contributed by atoms with E-state index in [2.05, 4.69) is 0 Å². The number of para-hydroxylation sites is 2. The SMILES string of the molecule is COc1ccc(C2Oc3ccccc3OC2C(=O)O)c(OCCN(C)C)c1. The summed E-state index contributed by atoms with van der Waals surface area (Å²) in [6.07, 6.45) is -2.04. The van der Waals surface area contributed by atoms with Crippen molar-refractivity contribution in [2.45, 2.75) is 12.2 Å². The Labute approximate surface area is 158 Å². The Hall–Kier alpha value is -2.93. The minimum atomic E-state index is -1.19. The summed E-state index contributed by atoms with van der Waals surface area (Å²) < 4.78 is 22.9. The number of nitrogens with zero attached hydrogens (tertiary/aromatic N) is 1. The molecule has 1 heterocycles. The average Bonchev–Trinajstić information content (AvgIpc) is 2.66. The maximum Gasteiger partial charge on any atom is 0.349 e. The monoisotopic (exact) mass is 373 g/mol. The summed E-state index contributed by atoms with van der Waals surface area (Å²) in [5, 5.41) is 9.66. The summed E-state index contributed by atoms with van der Waals surface area (Å²) >= 11 is 0. The Bertz CT molecular complexity index is 807. The number of likely N-dealkylation sites (N-methyl/N-ethyl adjacent to an activating group) is 1. The Kier molecular flexibility index (Phi) is 5.71. The number of carbonyl (C=O) groups is 1. The van der Waals surface area contributed by atoms with E-state index < -0.39 is 18.2 Å². The van der Waals surface area contributed by atoms with E-state index in [9.17, 15) is 9.90 Å². The van der Waals surface area contributed by atoms with Crippen molar-refractivity contribution in [1.29, 1.82) is 0 Å². The molecule has 1 aliphatic rings. The lowest BCUT2D eigenvalue weighted by molar-refractivity contribution is -0.151. The van der Waals surface area contributed by atoms with Crippen LogP contribution in [0, 0.1) is 0 Å². The lowest BCUT2D eigenvalue weighted by atomic mass is 10.0. The Balaban J connectivity index is 1.96. The summed E-state index contributed by atoms with van der Waals surface area (Å²) in [6, 6.07) is 12.2. The summed E-state index contributed by atoms with van der Waals surface area (Å²) in [6.45, 7) is 1.15. The number of ether oxygens (including phenoxy) is 4. The van der Waals surface area contributed by atoms with E-state index >= 15 is 0 Å². The largest absolute Gasteiger partial charge is 0.497 e. The molecule has 2 aromatic rings. The normalized spacial score (nSPS) is 18.2. The summed E-state index contributed by atoms with van der Waals surface area (Å²) in [7, 11) is 5.46. The van der Waals surface area contributed by atoms with Gasteiger partial charge in [0.2, 0.25) is 6.10 Å². The molecular weight excluding hydrogens is 350 g/mol. The van der Waals surface area contributed by atoms with Gasteiger partial charge in [-0.15, -0.1) is 0 Å². The first kappa shape index (κ1) is 18.8. The first-order valence-corrected chi connectivity index (χ1v) is 8.60. The molecule has 0 bridgehead atoms. The van der Waals surface area contributed by atoms with Crippen LogP contribution in [0.15, 0.2) is 42.5 Å². The van der Waals surface area contributed by atoms with Gasteiger partial charge in [-0.1, -0.05) is 12.1 Å². The van der Waals surface area contributed by atoms with Gasteiger partial charge in [-0.2, -0.15) is 0 Å². The fourth-order valence-corrected chi connectivity index (χ4v) is 2.79. The predicted molar refractivity (Wildman–Crippen MR) is 98.9 cm³/mol. The van der Waals surface area contributed by atoms with Gasteiger partial charge >= 0.3 is 5.97 Å². The van der Waals surface area contributed by atoms with E-state index in [4.69, 9.17) is 18.9 Å². The molecule has 2 aromatic carbocycles. The number of hydrogen-bond donors (Lipinski definition) is 1. The highest BCUT2D eigenvalue weighted by atomic mass is 16.6. The van der Waals surface area contributed by atoms with Crippen LogP contribution in [0.5, 0.6) is 23.0 Å². The van der Waals surface area contributed by atoms with E-state index in [0.717, 1.165) is 0 Å². The molecule has 0 aliphatic carbocycles. The minimum absolute atomic E-state index is 0.407. The van der Waals surface area contributed by atoms with Gasteiger partial charge in [0.05, 0.1) is 7.11 Å². The smallest absolute Gasteiger partial charge is 0.349 e. The number of benzene rings is 2. The highest BCUT2D eigenvalue weighted by Crippen LogP contribution is 2.42. The molecular formula is C20H23NO6. The van der Waals surface area contributed by atoms with Crippen molar-refractivity contribution in [1.82, 2.24) is 4.90 Å². The van der Waals surface area contributed by atoms with Gasteiger partial charge in [0.25, 0.3) is 0 Å². The molecule has 7 heteroatoms. The van der Waals surface area contributed by atoms with Gasteiger partial charge < -0.3 is 29.0 Å². The lowest BCUT2D eigenvalue weighted by Crippen LogP contribution is -2.39. The molecule has 3 rings (SSSR count). The van der Waals surface area contributed by atoms with E-state index in [0.29, 0.717) is 41.7 Å². The second-order valence-corrected chi connectivity index (χ2v) is 6.42. The zero-order valence-electron chi connectivity index (χ0n) is 15.5. The fourth-order valence-electron chi connectivity index (χ4n) is 2.79. The molecule has 0 saturated carbocycles. The minimum Gasteiger partial charge on any atom is -0.497 e. The molecule has 1 aliphatic heterocycles. The molecule has 2 atom stereocenters. The van der Waals surface area contributed by atoms with Gasteiger partial charge in [0.15, 0.2) is 17.6 Å². The lowest BCUT2D eigenvalue weighted by Gasteiger charge is -2.32. The van der Waals surface area contributed by atoms with Gasteiger partial charge in [-0.05, 0) is 38.4 Å². The van der Waals surface area contributed by atoms with Crippen LogP contribution in [-0.4, -0.2) is 56.4 Å². The van der Waals surface area contributed by atoms with Crippen molar-refractivity contribution < 1.29 is 28.8 Å². The van der Waals surface area contributed by atoms with Crippen molar-refractivity contribution >= 4 is 5.97 Å². The molecule has 144 valence electrons. The second-order valence-electron chi connectivity index (χ2n) is 6.42. The molecule has 2 unspecified atom stereocenters. The maximum absolute atomic E-state index is 11.8. The summed E-state index contributed by atoms with van der Waals surface area (Å²) in [5.74, 6) is 0.919. The van der Waals surface area contributed by atoms with Gasteiger partial charge in [0, 0.05) is 18.2 Å². The predicted octanol–water partition coefficient (Wildman–Crippen LogP) is 2.60. The Morgan fingerprint density at radius 2 is 1.85 bits per heavy atom. The van der Waals surface area contributed by atoms with Crippen molar-refractivity contribution in [2.24, 2.45) is 0 Å². The van der Waals surface area contributed by atoms with Crippen molar-refractivity contribution in [3.8, 4) is 23.0 Å². The third-order valence-electron chi connectivity index (χ3n) is 4.20. The number of carboxylic acids is 1. The van der Waals surface area contributed by atoms with Gasteiger partial charge in [-0.25, -0.2) is 4.79 Å². The average molecular weight is 373 g/mol. The topological polar surface area (TPSA) is 77.5 Å². The number of aliphatic carboxylic acids is 1. The third-order valence-corrected chi connectivity index (χ3v) is 4.20. The second kappa shape index (κ2) is 8.18. The van der Waals surface area contributed by atoms with Gasteiger partial charge in [0.1, 0.15) is 18.1 Å². The van der Waals surface area contributed by atoms with E-state index in [-0.39, 0.29) is 0 Å². The van der Waals surface area contributed by atoms with Crippen LogP contribution in [-0.2, 0) is 4.79 Å². The fraction of sp³-hybridized carbons (Fsp3) is 0.350.